The first-order valence-electron chi connectivity index (χ1n) is 11.6. The lowest BCUT2D eigenvalue weighted by Crippen LogP contribution is -2.35. The summed E-state index contributed by atoms with van der Waals surface area (Å²) in [5, 5.41) is 2.81. The van der Waals surface area contributed by atoms with Crippen LogP contribution in [0.5, 0.6) is 5.75 Å². The van der Waals surface area contributed by atoms with Crippen LogP contribution in [-0.2, 0) is 23.9 Å². The molecular formula is C27H27BrN2O6. The van der Waals surface area contributed by atoms with Gasteiger partial charge in [-0.05, 0) is 61.7 Å². The first kappa shape index (κ1) is 25.7. The fourth-order valence-corrected chi connectivity index (χ4v) is 4.55. The molecule has 8 nitrogen and oxygen atoms in total. The van der Waals surface area contributed by atoms with E-state index in [1.165, 1.54) is 12.0 Å². The number of benzene rings is 2. The summed E-state index contributed by atoms with van der Waals surface area (Å²) in [6, 6.07) is 14.2. The molecule has 2 heterocycles. The molecule has 1 saturated heterocycles. The van der Waals surface area contributed by atoms with E-state index in [9.17, 15) is 14.4 Å². The molecule has 0 spiro atoms. The summed E-state index contributed by atoms with van der Waals surface area (Å²) >= 11 is 3.43. The van der Waals surface area contributed by atoms with E-state index in [4.69, 9.17) is 14.2 Å². The zero-order chi connectivity index (χ0) is 25.7. The summed E-state index contributed by atoms with van der Waals surface area (Å²) in [5.41, 5.74) is 2.27. The number of halogens is 1. The van der Waals surface area contributed by atoms with Crippen molar-refractivity contribution in [3.05, 3.63) is 75.4 Å². The van der Waals surface area contributed by atoms with Crippen LogP contribution in [0.3, 0.4) is 0 Å². The van der Waals surface area contributed by atoms with Gasteiger partial charge in [-0.1, -0.05) is 34.1 Å². The Morgan fingerprint density at radius 3 is 2.67 bits per heavy atom. The van der Waals surface area contributed by atoms with Gasteiger partial charge in [-0.2, -0.15) is 0 Å². The van der Waals surface area contributed by atoms with Gasteiger partial charge in [0.05, 0.1) is 30.0 Å². The number of allylic oxidation sites excluding steroid dienone is 1. The van der Waals surface area contributed by atoms with Gasteiger partial charge in [-0.3, -0.25) is 14.5 Å². The summed E-state index contributed by atoms with van der Waals surface area (Å²) in [6.45, 7) is 2.83. The van der Waals surface area contributed by atoms with Gasteiger partial charge in [0.25, 0.3) is 11.8 Å². The molecule has 1 atom stereocenters. The topological polar surface area (TPSA) is 94.2 Å². The first-order valence-corrected chi connectivity index (χ1v) is 12.4. The summed E-state index contributed by atoms with van der Waals surface area (Å²) < 4.78 is 16.8. The van der Waals surface area contributed by atoms with Crippen molar-refractivity contribution in [3.8, 4) is 5.75 Å². The Hall–Kier alpha value is -3.43. The lowest BCUT2D eigenvalue weighted by molar-refractivity contribution is -0.136. The quantitative estimate of drug-likeness (QED) is 0.391. The van der Waals surface area contributed by atoms with Gasteiger partial charge < -0.3 is 19.5 Å². The molecule has 0 aliphatic carbocycles. The number of amides is 2. The van der Waals surface area contributed by atoms with Crippen molar-refractivity contribution < 1.29 is 28.6 Å². The third-order valence-corrected chi connectivity index (χ3v) is 6.46. The number of nitrogens with one attached hydrogen (secondary N) is 1. The lowest BCUT2D eigenvalue weighted by Gasteiger charge is -2.18. The van der Waals surface area contributed by atoms with Gasteiger partial charge in [0, 0.05) is 23.3 Å². The zero-order valence-corrected chi connectivity index (χ0v) is 21.7. The summed E-state index contributed by atoms with van der Waals surface area (Å²) in [7, 11) is 1.29. The largest absolute Gasteiger partial charge is 0.484 e. The van der Waals surface area contributed by atoms with Crippen LogP contribution >= 0.6 is 15.9 Å². The van der Waals surface area contributed by atoms with E-state index in [2.05, 4.69) is 21.2 Å². The Labute approximate surface area is 218 Å². The van der Waals surface area contributed by atoms with Crippen LogP contribution in [0.2, 0.25) is 0 Å². The predicted octanol–water partition coefficient (Wildman–Crippen LogP) is 4.00. The molecule has 2 aromatic carbocycles. The van der Waals surface area contributed by atoms with Crippen LogP contribution in [0.25, 0.3) is 6.08 Å². The Morgan fingerprint density at radius 2 is 2.00 bits per heavy atom. The van der Waals surface area contributed by atoms with Crippen molar-refractivity contribution in [1.29, 1.82) is 0 Å². The maximum absolute atomic E-state index is 13.4. The van der Waals surface area contributed by atoms with Crippen LogP contribution in [0.4, 0.5) is 5.69 Å². The van der Waals surface area contributed by atoms with E-state index in [1.807, 2.05) is 18.2 Å². The number of nitrogens with zero attached hydrogens (tertiary/aromatic N) is 1. The molecule has 0 aromatic heterocycles. The lowest BCUT2D eigenvalue weighted by atomic mass is 10.0. The van der Waals surface area contributed by atoms with Crippen molar-refractivity contribution in [2.24, 2.45) is 0 Å². The van der Waals surface area contributed by atoms with Gasteiger partial charge in [0.2, 0.25) is 0 Å². The predicted molar refractivity (Wildman–Crippen MR) is 138 cm³/mol. The van der Waals surface area contributed by atoms with E-state index < -0.39 is 5.97 Å². The van der Waals surface area contributed by atoms with Crippen LogP contribution in [0, 0.1) is 0 Å². The molecule has 9 heteroatoms. The second kappa shape index (κ2) is 11.5. The minimum atomic E-state index is -0.585. The number of ether oxygens (including phenoxy) is 3. The zero-order valence-electron chi connectivity index (χ0n) is 20.1. The molecule has 2 aliphatic heterocycles. The highest BCUT2D eigenvalue weighted by Crippen LogP contribution is 2.36. The number of carbonyl (C=O) groups is 3. The Balaban J connectivity index is 1.47. The number of methoxy groups -OCH3 is 1. The Kier molecular flexibility index (Phi) is 8.22. The van der Waals surface area contributed by atoms with Gasteiger partial charge >= 0.3 is 5.97 Å². The average Bonchev–Trinajstić information content (AvgIpc) is 3.48. The molecule has 0 unspecified atom stereocenters. The molecule has 0 bridgehead atoms. The van der Waals surface area contributed by atoms with Crippen molar-refractivity contribution in [2.45, 2.75) is 25.9 Å². The van der Waals surface area contributed by atoms with Crippen molar-refractivity contribution in [3.63, 3.8) is 0 Å². The first-order chi connectivity index (χ1) is 17.4. The Morgan fingerprint density at radius 1 is 1.22 bits per heavy atom. The van der Waals surface area contributed by atoms with E-state index in [1.54, 1.807) is 43.3 Å². The van der Waals surface area contributed by atoms with Crippen molar-refractivity contribution >= 4 is 45.5 Å². The molecule has 1 N–H and O–H groups in total. The SMILES string of the molecule is COC(=O)C1=C(C)N(c2cccc(Br)c2)C(=O)/C1=C\c1ccc(OCC(=O)NC[C@H]2CCCO2)cc1. The number of hydrogen-bond acceptors (Lipinski definition) is 6. The highest BCUT2D eigenvalue weighted by atomic mass is 79.9. The summed E-state index contributed by atoms with van der Waals surface area (Å²) in [4.78, 5) is 39.5. The number of hydrogen-bond donors (Lipinski definition) is 1. The van der Waals surface area contributed by atoms with Crippen LogP contribution in [0.15, 0.2) is 69.8 Å². The molecule has 0 saturated carbocycles. The van der Waals surface area contributed by atoms with Gasteiger partial charge in [0.1, 0.15) is 5.75 Å². The molecular weight excluding hydrogens is 528 g/mol. The number of carbonyl (C=O) groups excluding carboxylic acids is 3. The third-order valence-electron chi connectivity index (χ3n) is 5.97. The number of esters is 1. The third kappa shape index (κ3) is 5.85. The van der Waals surface area contributed by atoms with Crippen molar-refractivity contribution in [1.82, 2.24) is 5.32 Å². The molecule has 4 rings (SSSR count). The molecule has 0 radical (unpaired) electrons. The van der Waals surface area contributed by atoms with E-state index in [0.717, 1.165) is 23.9 Å². The normalized spacial score (nSPS) is 18.6. The average molecular weight is 555 g/mol. The molecule has 188 valence electrons. The molecule has 1 fully saturated rings. The van der Waals surface area contributed by atoms with Crippen LogP contribution in [-0.4, -0.2) is 50.8 Å². The number of rotatable bonds is 8. The fraction of sp³-hybridized carbons (Fsp3) is 0.296. The standard InChI is InChI=1S/C27H27BrN2O6/c1-17-25(27(33)34-2)23(26(32)30(17)20-6-3-5-19(28)14-20)13-18-8-10-21(11-9-18)36-16-24(31)29-15-22-7-4-12-35-22/h3,5-6,8-11,13-14,22H,4,7,12,15-16H2,1-2H3,(H,29,31)/b23-13-/t22-/m1/s1. The number of anilines is 1. The minimum Gasteiger partial charge on any atom is -0.484 e. The molecule has 36 heavy (non-hydrogen) atoms. The smallest absolute Gasteiger partial charge is 0.340 e. The highest BCUT2D eigenvalue weighted by molar-refractivity contribution is 9.10. The van der Waals surface area contributed by atoms with E-state index in [0.29, 0.717) is 29.2 Å². The maximum Gasteiger partial charge on any atom is 0.340 e. The molecule has 2 amide bonds. The second-order valence-corrected chi connectivity index (χ2v) is 9.34. The maximum atomic E-state index is 13.4. The second-order valence-electron chi connectivity index (χ2n) is 8.43. The Bertz CT molecular complexity index is 1220. The van der Waals surface area contributed by atoms with Gasteiger partial charge in [0.15, 0.2) is 6.61 Å². The van der Waals surface area contributed by atoms with Crippen LogP contribution < -0.4 is 15.0 Å². The van der Waals surface area contributed by atoms with Crippen LogP contribution in [0.1, 0.15) is 25.3 Å². The molecule has 2 aromatic rings. The van der Waals surface area contributed by atoms with Gasteiger partial charge in [-0.25, -0.2) is 4.79 Å². The monoisotopic (exact) mass is 554 g/mol. The van der Waals surface area contributed by atoms with Crippen molar-refractivity contribution in [2.75, 3.05) is 31.8 Å². The minimum absolute atomic E-state index is 0.0754. The fourth-order valence-electron chi connectivity index (χ4n) is 4.17. The van der Waals surface area contributed by atoms with Gasteiger partial charge in [-0.15, -0.1) is 0 Å². The molecule has 2 aliphatic rings. The van der Waals surface area contributed by atoms with E-state index in [-0.39, 0.29) is 35.7 Å². The summed E-state index contributed by atoms with van der Waals surface area (Å²) in [6.07, 6.45) is 3.69. The highest BCUT2D eigenvalue weighted by Gasteiger charge is 2.37. The summed E-state index contributed by atoms with van der Waals surface area (Å²) in [5.74, 6) is -0.616. The van der Waals surface area contributed by atoms with E-state index >= 15 is 0 Å².